The molecule has 1 unspecified atom stereocenters. The third kappa shape index (κ3) is 3.46. The number of hydrogen-bond acceptors (Lipinski definition) is 3. The third-order valence-corrected chi connectivity index (χ3v) is 3.77. The first-order valence-corrected chi connectivity index (χ1v) is 6.55. The van der Waals surface area contributed by atoms with Gasteiger partial charge in [-0.25, -0.2) is 0 Å². The molecule has 4 heteroatoms. The summed E-state index contributed by atoms with van der Waals surface area (Å²) in [6.07, 6.45) is 0. The van der Waals surface area contributed by atoms with E-state index in [1.54, 1.807) is 0 Å². The van der Waals surface area contributed by atoms with Gasteiger partial charge < -0.3 is 10.5 Å². The lowest BCUT2D eigenvalue weighted by Gasteiger charge is -2.11. The lowest BCUT2D eigenvalue weighted by molar-refractivity contribution is 0.292. The minimum Gasteiger partial charge on any atom is -0.492 e. The van der Waals surface area contributed by atoms with Crippen LogP contribution >= 0.6 is 22.9 Å². The van der Waals surface area contributed by atoms with E-state index in [2.05, 4.69) is 0 Å². The van der Waals surface area contributed by atoms with Gasteiger partial charge in [0.25, 0.3) is 0 Å². The molecule has 0 aliphatic rings. The fourth-order valence-electron chi connectivity index (χ4n) is 1.43. The molecular formula is C13H14ClNOS. The summed E-state index contributed by atoms with van der Waals surface area (Å²) in [5, 5.41) is 0. The van der Waals surface area contributed by atoms with Crippen LogP contribution in [-0.4, -0.2) is 6.61 Å². The van der Waals surface area contributed by atoms with E-state index in [0.29, 0.717) is 6.61 Å². The van der Waals surface area contributed by atoms with Crippen LogP contribution in [0.2, 0.25) is 4.34 Å². The summed E-state index contributed by atoms with van der Waals surface area (Å²) in [6.45, 7) is 2.50. The molecule has 1 atom stereocenters. The molecule has 0 bridgehead atoms. The fraction of sp³-hybridized carbons (Fsp3) is 0.231. The lowest BCUT2D eigenvalue weighted by Crippen LogP contribution is -2.17. The van der Waals surface area contributed by atoms with Gasteiger partial charge in [-0.05, 0) is 31.2 Å². The van der Waals surface area contributed by atoms with Gasteiger partial charge in [0.15, 0.2) is 0 Å². The second-order valence-electron chi connectivity index (χ2n) is 3.87. The number of nitrogens with two attached hydrogens (primary N) is 1. The van der Waals surface area contributed by atoms with Crippen molar-refractivity contribution in [3.8, 4) is 5.75 Å². The van der Waals surface area contributed by atoms with E-state index in [-0.39, 0.29) is 6.04 Å². The Balaban J connectivity index is 1.92. The molecule has 0 spiro atoms. The molecule has 0 saturated carbocycles. The van der Waals surface area contributed by atoms with E-state index in [4.69, 9.17) is 22.1 Å². The summed E-state index contributed by atoms with van der Waals surface area (Å²) >= 11 is 7.36. The maximum Gasteiger partial charge on any atom is 0.119 e. The largest absolute Gasteiger partial charge is 0.492 e. The molecule has 2 rings (SSSR count). The molecule has 0 fully saturated rings. The molecule has 1 aromatic heterocycles. The molecule has 90 valence electrons. The van der Waals surface area contributed by atoms with Crippen molar-refractivity contribution in [2.45, 2.75) is 13.0 Å². The second-order valence-corrected chi connectivity index (χ2v) is 5.62. The molecule has 0 amide bonds. The first-order chi connectivity index (χ1) is 8.15. The zero-order valence-corrected chi connectivity index (χ0v) is 11.1. The Bertz CT molecular complexity index is 480. The van der Waals surface area contributed by atoms with Gasteiger partial charge in [0.1, 0.15) is 12.4 Å². The van der Waals surface area contributed by atoms with Crippen LogP contribution in [-0.2, 0) is 0 Å². The minimum atomic E-state index is -0.131. The van der Waals surface area contributed by atoms with Crippen LogP contribution in [0.4, 0.5) is 0 Å². The Kier molecular flexibility index (Phi) is 4.05. The zero-order valence-electron chi connectivity index (χ0n) is 9.52. The van der Waals surface area contributed by atoms with Crippen LogP contribution in [0.5, 0.6) is 5.75 Å². The van der Waals surface area contributed by atoms with Gasteiger partial charge in [-0.2, -0.15) is 0 Å². The highest BCUT2D eigenvalue weighted by molar-refractivity contribution is 7.16. The first-order valence-electron chi connectivity index (χ1n) is 5.35. The second kappa shape index (κ2) is 5.54. The molecule has 0 saturated heterocycles. The number of benzene rings is 1. The van der Waals surface area contributed by atoms with E-state index in [0.717, 1.165) is 15.0 Å². The molecule has 0 aliphatic heterocycles. The van der Waals surface area contributed by atoms with E-state index >= 15 is 0 Å². The normalized spacial score (nSPS) is 12.4. The smallest absolute Gasteiger partial charge is 0.119 e. The van der Waals surface area contributed by atoms with Gasteiger partial charge in [0, 0.05) is 4.88 Å². The number of hydrogen-bond donors (Lipinski definition) is 1. The molecule has 1 aromatic carbocycles. The average Bonchev–Trinajstić information content (AvgIpc) is 2.75. The van der Waals surface area contributed by atoms with Gasteiger partial charge in [-0.15, -0.1) is 11.3 Å². The monoisotopic (exact) mass is 267 g/mol. The predicted octanol–water partition coefficient (Wildman–Crippen LogP) is 3.79. The standard InChI is InChI=1S/C13H14ClNOS/c1-9-2-4-10(5-3-9)16-8-11(15)12-6-7-13(14)17-12/h2-7,11H,8,15H2,1H3. The van der Waals surface area contributed by atoms with Gasteiger partial charge in [-0.1, -0.05) is 29.3 Å². The van der Waals surface area contributed by atoms with E-state index in [9.17, 15) is 0 Å². The van der Waals surface area contributed by atoms with Crippen molar-refractivity contribution >= 4 is 22.9 Å². The number of rotatable bonds is 4. The Morgan fingerprint density at radius 1 is 1.24 bits per heavy atom. The zero-order chi connectivity index (χ0) is 12.3. The van der Waals surface area contributed by atoms with E-state index < -0.39 is 0 Å². The summed E-state index contributed by atoms with van der Waals surface area (Å²) in [7, 11) is 0. The molecule has 2 aromatic rings. The lowest BCUT2D eigenvalue weighted by atomic mass is 10.2. The van der Waals surface area contributed by atoms with Gasteiger partial charge in [0.2, 0.25) is 0 Å². The van der Waals surface area contributed by atoms with Crippen LogP contribution in [0.25, 0.3) is 0 Å². The summed E-state index contributed by atoms with van der Waals surface area (Å²) in [4.78, 5) is 1.04. The summed E-state index contributed by atoms with van der Waals surface area (Å²) < 4.78 is 6.38. The van der Waals surface area contributed by atoms with Gasteiger partial charge in [-0.3, -0.25) is 0 Å². The Hall–Kier alpha value is -1.03. The van der Waals surface area contributed by atoms with Crippen molar-refractivity contribution in [1.82, 2.24) is 0 Å². The van der Waals surface area contributed by atoms with Crippen molar-refractivity contribution in [2.24, 2.45) is 5.73 Å². The molecule has 1 heterocycles. The highest BCUT2D eigenvalue weighted by Gasteiger charge is 2.09. The van der Waals surface area contributed by atoms with Crippen molar-refractivity contribution < 1.29 is 4.74 Å². The molecular weight excluding hydrogens is 254 g/mol. The summed E-state index contributed by atoms with van der Waals surface area (Å²) in [6, 6.07) is 11.6. The Labute approximate surface area is 110 Å². The topological polar surface area (TPSA) is 35.2 Å². The third-order valence-electron chi connectivity index (χ3n) is 2.41. The maximum absolute atomic E-state index is 6.01. The molecule has 0 aliphatic carbocycles. The van der Waals surface area contributed by atoms with Crippen molar-refractivity contribution in [3.63, 3.8) is 0 Å². The highest BCUT2D eigenvalue weighted by atomic mass is 35.5. The Morgan fingerprint density at radius 3 is 2.53 bits per heavy atom. The number of aryl methyl sites for hydroxylation is 1. The van der Waals surface area contributed by atoms with E-state index in [1.165, 1.54) is 16.9 Å². The first kappa shape index (κ1) is 12.4. The van der Waals surface area contributed by atoms with Crippen molar-refractivity contribution in [1.29, 1.82) is 0 Å². The minimum absolute atomic E-state index is 0.131. The molecule has 2 N–H and O–H groups in total. The van der Waals surface area contributed by atoms with Crippen LogP contribution < -0.4 is 10.5 Å². The molecule has 2 nitrogen and oxygen atoms in total. The SMILES string of the molecule is Cc1ccc(OCC(N)c2ccc(Cl)s2)cc1. The van der Waals surface area contributed by atoms with Crippen LogP contribution in [0, 0.1) is 6.92 Å². The number of halogens is 1. The quantitative estimate of drug-likeness (QED) is 0.915. The predicted molar refractivity (Wildman–Crippen MR) is 72.9 cm³/mol. The van der Waals surface area contributed by atoms with Gasteiger partial charge in [0.05, 0.1) is 10.4 Å². The van der Waals surface area contributed by atoms with Crippen molar-refractivity contribution in [3.05, 3.63) is 51.2 Å². The van der Waals surface area contributed by atoms with Crippen LogP contribution in [0.15, 0.2) is 36.4 Å². The van der Waals surface area contributed by atoms with Crippen LogP contribution in [0.3, 0.4) is 0 Å². The molecule has 17 heavy (non-hydrogen) atoms. The number of thiophene rings is 1. The maximum atomic E-state index is 6.01. The van der Waals surface area contributed by atoms with Crippen molar-refractivity contribution in [2.75, 3.05) is 6.61 Å². The number of ether oxygens (including phenoxy) is 1. The summed E-state index contributed by atoms with van der Waals surface area (Å²) in [5.74, 6) is 0.841. The average molecular weight is 268 g/mol. The Morgan fingerprint density at radius 2 is 1.94 bits per heavy atom. The van der Waals surface area contributed by atoms with Gasteiger partial charge >= 0.3 is 0 Å². The fourth-order valence-corrected chi connectivity index (χ4v) is 2.48. The molecule has 0 radical (unpaired) electrons. The summed E-state index contributed by atoms with van der Waals surface area (Å²) in [5.41, 5.74) is 7.23. The van der Waals surface area contributed by atoms with Crippen LogP contribution in [0.1, 0.15) is 16.5 Å². The van der Waals surface area contributed by atoms with E-state index in [1.807, 2.05) is 43.3 Å². The highest BCUT2D eigenvalue weighted by Crippen LogP contribution is 2.26.